The van der Waals surface area contributed by atoms with Gasteiger partial charge in [-0.05, 0) is 20.8 Å². The van der Waals surface area contributed by atoms with Gasteiger partial charge in [0.15, 0.2) is 0 Å². The standard InChI is InChI=1S/C19H27NO4Si/c1-14(25(5,6)15-10-8-7-9-11-15)16-13-23-17(21)12-20(16)18(22)24-19(2,3)4/h7-11,16H,1,12-13H2,2-6H3/t16-/m0/s1. The normalized spacial score (nSPS) is 18.5. The van der Waals surface area contributed by atoms with E-state index in [1.165, 1.54) is 10.1 Å². The van der Waals surface area contributed by atoms with E-state index < -0.39 is 25.7 Å². The first kappa shape index (κ1) is 19.2. The van der Waals surface area contributed by atoms with Crippen LogP contribution in [0.1, 0.15) is 20.8 Å². The highest BCUT2D eigenvalue weighted by molar-refractivity contribution is 6.95. The Morgan fingerprint density at radius 2 is 1.88 bits per heavy atom. The molecule has 0 aromatic heterocycles. The molecule has 1 amide bonds. The number of rotatable bonds is 3. The number of amides is 1. The molecular formula is C19H27NO4Si. The third-order valence-corrected chi connectivity index (χ3v) is 8.12. The van der Waals surface area contributed by atoms with E-state index in [4.69, 9.17) is 9.47 Å². The fraction of sp³-hybridized carbons (Fsp3) is 0.474. The van der Waals surface area contributed by atoms with Crippen molar-refractivity contribution in [2.75, 3.05) is 13.2 Å². The molecule has 2 rings (SSSR count). The van der Waals surface area contributed by atoms with E-state index in [1.54, 1.807) is 20.8 Å². The van der Waals surface area contributed by atoms with Gasteiger partial charge >= 0.3 is 12.1 Å². The van der Waals surface area contributed by atoms with Gasteiger partial charge in [0.05, 0.1) is 6.04 Å². The van der Waals surface area contributed by atoms with Crippen molar-refractivity contribution in [2.45, 2.75) is 45.5 Å². The second-order valence-electron chi connectivity index (χ2n) is 7.82. The van der Waals surface area contributed by atoms with Crippen molar-refractivity contribution in [3.05, 3.63) is 42.1 Å². The molecule has 6 heteroatoms. The van der Waals surface area contributed by atoms with Gasteiger partial charge in [0.1, 0.15) is 26.8 Å². The Balaban J connectivity index is 2.28. The van der Waals surface area contributed by atoms with E-state index in [9.17, 15) is 9.59 Å². The number of morpholine rings is 1. The summed E-state index contributed by atoms with van der Waals surface area (Å²) >= 11 is 0. The molecule has 0 N–H and O–H groups in total. The lowest BCUT2D eigenvalue weighted by atomic mass is 10.2. The zero-order valence-corrected chi connectivity index (χ0v) is 16.7. The quantitative estimate of drug-likeness (QED) is 0.614. The van der Waals surface area contributed by atoms with Crippen molar-refractivity contribution in [3.8, 4) is 0 Å². The third-order valence-electron chi connectivity index (χ3n) is 4.41. The number of carbonyl (C=O) groups excluding carboxylic acids is 2. The summed E-state index contributed by atoms with van der Waals surface area (Å²) in [6.45, 7) is 14.1. The number of benzene rings is 1. The third kappa shape index (κ3) is 4.51. The topological polar surface area (TPSA) is 55.8 Å². The lowest BCUT2D eigenvalue weighted by Gasteiger charge is -2.40. The maximum atomic E-state index is 12.6. The zero-order chi connectivity index (χ0) is 18.8. The Hall–Kier alpha value is -2.08. The number of hydrogen-bond donors (Lipinski definition) is 0. The van der Waals surface area contributed by atoms with Crippen LogP contribution in [-0.4, -0.2) is 49.8 Å². The number of ether oxygens (including phenoxy) is 2. The fourth-order valence-electron chi connectivity index (χ4n) is 2.81. The molecule has 1 heterocycles. The Bertz CT molecular complexity index is 664. The highest BCUT2D eigenvalue weighted by Crippen LogP contribution is 2.25. The summed E-state index contributed by atoms with van der Waals surface area (Å²) in [4.78, 5) is 25.8. The molecule has 0 saturated carbocycles. The average Bonchev–Trinajstić information content (AvgIpc) is 2.53. The SMILES string of the molecule is C=C([C@@H]1COC(=O)CN1C(=O)OC(C)(C)C)[Si](C)(C)c1ccccc1. The molecule has 1 aliphatic rings. The minimum atomic E-state index is -2.07. The Morgan fingerprint density at radius 1 is 1.28 bits per heavy atom. The maximum absolute atomic E-state index is 12.6. The molecule has 1 atom stereocenters. The molecule has 25 heavy (non-hydrogen) atoms. The Kier molecular flexibility index (Phi) is 5.42. The van der Waals surface area contributed by atoms with Crippen LogP contribution < -0.4 is 5.19 Å². The zero-order valence-electron chi connectivity index (χ0n) is 15.7. The number of cyclic esters (lactones) is 1. The fourth-order valence-corrected chi connectivity index (χ4v) is 5.28. The summed E-state index contributed by atoms with van der Waals surface area (Å²) < 4.78 is 10.7. The smallest absolute Gasteiger partial charge is 0.411 e. The van der Waals surface area contributed by atoms with Crippen molar-refractivity contribution in [3.63, 3.8) is 0 Å². The predicted molar refractivity (Wildman–Crippen MR) is 100 cm³/mol. The van der Waals surface area contributed by atoms with Gasteiger partial charge in [-0.25, -0.2) is 4.79 Å². The molecule has 1 aromatic rings. The van der Waals surface area contributed by atoms with Crippen LogP contribution in [0.15, 0.2) is 42.1 Å². The lowest BCUT2D eigenvalue weighted by Crippen LogP contribution is -2.58. The molecule has 1 aliphatic heterocycles. The largest absolute Gasteiger partial charge is 0.462 e. The number of esters is 1. The van der Waals surface area contributed by atoms with Gasteiger partial charge < -0.3 is 9.47 Å². The first-order valence-corrected chi connectivity index (χ1v) is 11.4. The van der Waals surface area contributed by atoms with Crippen molar-refractivity contribution in [2.24, 2.45) is 0 Å². The Morgan fingerprint density at radius 3 is 2.44 bits per heavy atom. The van der Waals surface area contributed by atoms with Crippen molar-refractivity contribution >= 4 is 25.3 Å². The lowest BCUT2D eigenvalue weighted by molar-refractivity contribution is -0.152. The summed E-state index contributed by atoms with van der Waals surface area (Å²) in [6, 6.07) is 9.79. The van der Waals surface area contributed by atoms with Crippen LogP contribution in [0.25, 0.3) is 0 Å². The summed E-state index contributed by atoms with van der Waals surface area (Å²) in [5.74, 6) is -0.422. The predicted octanol–water partition coefficient (Wildman–Crippen LogP) is 2.86. The van der Waals surface area contributed by atoms with Gasteiger partial charge in [-0.15, -0.1) is 6.58 Å². The Labute approximate surface area is 150 Å². The highest BCUT2D eigenvalue weighted by Gasteiger charge is 2.41. The second kappa shape index (κ2) is 7.04. The highest BCUT2D eigenvalue weighted by atomic mass is 28.3. The summed E-state index contributed by atoms with van der Waals surface area (Å²) in [6.07, 6.45) is -0.506. The van der Waals surface area contributed by atoms with Crippen LogP contribution in [0.3, 0.4) is 0 Å². The van der Waals surface area contributed by atoms with Crippen LogP contribution >= 0.6 is 0 Å². The molecule has 1 aromatic carbocycles. The second-order valence-corrected chi connectivity index (χ2v) is 12.3. The monoisotopic (exact) mass is 361 g/mol. The van der Waals surface area contributed by atoms with Crippen LogP contribution in [-0.2, 0) is 14.3 Å². The van der Waals surface area contributed by atoms with Crippen LogP contribution in [0.2, 0.25) is 13.1 Å². The molecule has 0 bridgehead atoms. The number of hydrogen-bond acceptors (Lipinski definition) is 4. The molecule has 0 spiro atoms. The van der Waals surface area contributed by atoms with Gasteiger partial charge in [0.25, 0.3) is 0 Å². The average molecular weight is 362 g/mol. The molecule has 5 nitrogen and oxygen atoms in total. The first-order chi connectivity index (χ1) is 11.5. The van der Waals surface area contributed by atoms with Gasteiger partial charge in [0.2, 0.25) is 0 Å². The minimum absolute atomic E-state index is 0.113. The maximum Gasteiger partial charge on any atom is 0.411 e. The van der Waals surface area contributed by atoms with E-state index in [-0.39, 0.29) is 19.2 Å². The van der Waals surface area contributed by atoms with E-state index in [2.05, 4.69) is 31.8 Å². The molecule has 136 valence electrons. The van der Waals surface area contributed by atoms with E-state index in [1.807, 2.05) is 18.2 Å². The summed E-state index contributed by atoms with van der Waals surface area (Å²) in [5.41, 5.74) is -0.628. The summed E-state index contributed by atoms with van der Waals surface area (Å²) in [5, 5.41) is 2.16. The van der Waals surface area contributed by atoms with E-state index in [0.29, 0.717) is 0 Å². The molecule has 0 radical (unpaired) electrons. The number of carbonyl (C=O) groups is 2. The van der Waals surface area contributed by atoms with Crippen molar-refractivity contribution in [1.82, 2.24) is 4.90 Å². The van der Waals surface area contributed by atoms with Gasteiger partial charge in [-0.2, -0.15) is 0 Å². The molecule has 0 aliphatic carbocycles. The van der Waals surface area contributed by atoms with Crippen LogP contribution in [0.4, 0.5) is 4.79 Å². The van der Waals surface area contributed by atoms with Gasteiger partial charge in [-0.3, -0.25) is 9.69 Å². The van der Waals surface area contributed by atoms with Crippen LogP contribution in [0.5, 0.6) is 0 Å². The molecule has 1 saturated heterocycles. The number of nitrogens with zero attached hydrogens (tertiary/aromatic N) is 1. The summed E-state index contributed by atoms with van der Waals surface area (Å²) in [7, 11) is -2.07. The van der Waals surface area contributed by atoms with Gasteiger partial charge in [-0.1, -0.05) is 53.8 Å². The van der Waals surface area contributed by atoms with Crippen molar-refractivity contribution < 1.29 is 19.1 Å². The van der Waals surface area contributed by atoms with Crippen molar-refractivity contribution in [1.29, 1.82) is 0 Å². The molecule has 0 unspecified atom stereocenters. The van der Waals surface area contributed by atoms with Crippen LogP contribution in [0, 0.1) is 0 Å². The minimum Gasteiger partial charge on any atom is -0.462 e. The van der Waals surface area contributed by atoms with E-state index in [0.717, 1.165) is 5.20 Å². The van der Waals surface area contributed by atoms with Gasteiger partial charge in [0, 0.05) is 0 Å². The van der Waals surface area contributed by atoms with E-state index >= 15 is 0 Å². The first-order valence-electron chi connectivity index (χ1n) is 8.42. The molecular weight excluding hydrogens is 334 g/mol. The molecule has 1 fully saturated rings.